The van der Waals surface area contributed by atoms with E-state index in [4.69, 9.17) is 18.9 Å². The molecule has 6 heteroatoms. The van der Waals surface area contributed by atoms with E-state index in [1.807, 2.05) is 91.0 Å². The van der Waals surface area contributed by atoms with Crippen molar-refractivity contribution < 1.29 is 23.7 Å². The summed E-state index contributed by atoms with van der Waals surface area (Å²) in [6.45, 7) is 3.25. The molecule has 1 saturated heterocycles. The first-order valence-corrected chi connectivity index (χ1v) is 12.4. The lowest BCUT2D eigenvalue weighted by Gasteiger charge is -2.26. The SMILES string of the molecule is CC(=O)O[C@H]1S[C@H](COCc2ccccc2)[C@H](OCc2ccccc2)C1OCc1ccccc1. The minimum atomic E-state index is -0.465. The number of benzene rings is 3. The lowest BCUT2D eigenvalue weighted by Crippen LogP contribution is -2.40. The fourth-order valence-corrected chi connectivity index (χ4v) is 5.35. The van der Waals surface area contributed by atoms with Crippen molar-refractivity contribution >= 4 is 17.7 Å². The molecule has 0 bridgehead atoms. The van der Waals surface area contributed by atoms with Gasteiger partial charge in [0.15, 0.2) is 5.44 Å². The van der Waals surface area contributed by atoms with Crippen LogP contribution in [-0.2, 0) is 43.6 Å². The molecule has 178 valence electrons. The standard InChI is InChI=1S/C28H30O5S/c1-21(29)33-28-27(32-19-24-15-9-4-10-16-24)26(31-18-23-13-7-3-8-14-23)25(34-28)20-30-17-22-11-5-2-6-12-22/h2-16,25-28H,17-20H2,1H3/t25-,26+,27?,28+/m1/s1. The Morgan fingerprint density at radius 3 is 1.68 bits per heavy atom. The zero-order chi connectivity index (χ0) is 23.6. The summed E-state index contributed by atoms with van der Waals surface area (Å²) >= 11 is 1.54. The van der Waals surface area contributed by atoms with Crippen LogP contribution in [0.15, 0.2) is 91.0 Å². The molecule has 0 aliphatic carbocycles. The highest BCUT2D eigenvalue weighted by Gasteiger charge is 2.48. The van der Waals surface area contributed by atoms with Gasteiger partial charge in [-0.1, -0.05) is 91.0 Å². The third-order valence-electron chi connectivity index (χ3n) is 5.51. The van der Waals surface area contributed by atoms with Crippen molar-refractivity contribution in [1.29, 1.82) is 0 Å². The molecular formula is C28H30O5S. The third kappa shape index (κ3) is 7.18. The zero-order valence-electron chi connectivity index (χ0n) is 19.2. The van der Waals surface area contributed by atoms with Crippen LogP contribution in [0.4, 0.5) is 0 Å². The highest BCUT2D eigenvalue weighted by Crippen LogP contribution is 2.40. The lowest BCUT2D eigenvalue weighted by molar-refractivity contribution is -0.155. The molecule has 0 N–H and O–H groups in total. The van der Waals surface area contributed by atoms with E-state index in [0.29, 0.717) is 26.4 Å². The Kier molecular flexibility index (Phi) is 9.16. The van der Waals surface area contributed by atoms with Gasteiger partial charge >= 0.3 is 5.97 Å². The van der Waals surface area contributed by atoms with Crippen molar-refractivity contribution in [2.24, 2.45) is 0 Å². The maximum atomic E-state index is 11.8. The van der Waals surface area contributed by atoms with Gasteiger partial charge in [-0.3, -0.25) is 4.79 Å². The lowest BCUT2D eigenvalue weighted by atomic mass is 10.1. The van der Waals surface area contributed by atoms with Crippen LogP contribution in [0.5, 0.6) is 0 Å². The fraction of sp³-hybridized carbons (Fsp3) is 0.321. The number of carbonyl (C=O) groups is 1. The molecule has 1 heterocycles. The highest BCUT2D eigenvalue weighted by atomic mass is 32.2. The predicted octanol–water partition coefficient (Wildman–Crippen LogP) is 5.38. The van der Waals surface area contributed by atoms with E-state index in [-0.39, 0.29) is 17.3 Å². The molecular weight excluding hydrogens is 448 g/mol. The molecule has 0 radical (unpaired) electrons. The summed E-state index contributed by atoms with van der Waals surface area (Å²) in [7, 11) is 0. The van der Waals surface area contributed by atoms with E-state index in [9.17, 15) is 4.79 Å². The molecule has 1 fully saturated rings. The molecule has 1 unspecified atom stereocenters. The van der Waals surface area contributed by atoms with Crippen LogP contribution in [-0.4, -0.2) is 35.5 Å². The normalized spacial score (nSPS) is 21.9. The monoisotopic (exact) mass is 478 g/mol. The Hall–Kier alpha value is -2.64. The van der Waals surface area contributed by atoms with E-state index in [2.05, 4.69) is 0 Å². The molecule has 0 aromatic heterocycles. The molecule has 34 heavy (non-hydrogen) atoms. The van der Waals surface area contributed by atoms with Gasteiger partial charge in [0, 0.05) is 6.92 Å². The molecule has 4 atom stereocenters. The number of hydrogen-bond donors (Lipinski definition) is 0. The molecule has 5 nitrogen and oxygen atoms in total. The molecule has 1 aliphatic heterocycles. The van der Waals surface area contributed by atoms with Crippen LogP contribution in [0, 0.1) is 0 Å². The number of esters is 1. The molecule has 3 aromatic rings. The van der Waals surface area contributed by atoms with E-state index in [1.165, 1.54) is 6.92 Å². The summed E-state index contributed by atoms with van der Waals surface area (Å²) in [6, 6.07) is 30.1. The van der Waals surface area contributed by atoms with Gasteiger partial charge in [0.05, 0.1) is 31.7 Å². The van der Waals surface area contributed by atoms with Gasteiger partial charge in [-0.05, 0) is 16.7 Å². The van der Waals surface area contributed by atoms with Gasteiger partial charge in [0.2, 0.25) is 0 Å². The topological polar surface area (TPSA) is 54.0 Å². The van der Waals surface area contributed by atoms with E-state index in [1.54, 1.807) is 11.8 Å². The number of ether oxygens (including phenoxy) is 4. The van der Waals surface area contributed by atoms with Crippen LogP contribution < -0.4 is 0 Å². The number of carbonyl (C=O) groups excluding carboxylic acids is 1. The van der Waals surface area contributed by atoms with Gasteiger partial charge in [-0.2, -0.15) is 0 Å². The Morgan fingerprint density at radius 1 is 0.706 bits per heavy atom. The minimum absolute atomic E-state index is 0.0439. The van der Waals surface area contributed by atoms with Gasteiger partial charge in [-0.25, -0.2) is 0 Å². The van der Waals surface area contributed by atoms with E-state index >= 15 is 0 Å². The number of hydrogen-bond acceptors (Lipinski definition) is 6. The smallest absolute Gasteiger partial charge is 0.303 e. The van der Waals surface area contributed by atoms with Crippen LogP contribution in [0.2, 0.25) is 0 Å². The van der Waals surface area contributed by atoms with Gasteiger partial charge in [0.1, 0.15) is 12.2 Å². The van der Waals surface area contributed by atoms with Crippen molar-refractivity contribution in [1.82, 2.24) is 0 Å². The summed E-state index contributed by atoms with van der Waals surface area (Å²) in [6.07, 6.45) is -0.711. The summed E-state index contributed by atoms with van der Waals surface area (Å²) in [5.41, 5.74) is 2.78. The number of thioether (sulfide) groups is 1. The van der Waals surface area contributed by atoms with Crippen LogP contribution in [0.3, 0.4) is 0 Å². The van der Waals surface area contributed by atoms with Crippen LogP contribution in [0.25, 0.3) is 0 Å². The highest BCUT2D eigenvalue weighted by molar-refractivity contribution is 8.00. The fourth-order valence-electron chi connectivity index (χ4n) is 3.86. The van der Waals surface area contributed by atoms with Gasteiger partial charge < -0.3 is 18.9 Å². The Labute approximate surface area is 205 Å². The summed E-state index contributed by atoms with van der Waals surface area (Å²) in [4.78, 5) is 11.8. The second-order valence-electron chi connectivity index (χ2n) is 8.18. The average Bonchev–Trinajstić information content (AvgIpc) is 3.18. The van der Waals surface area contributed by atoms with E-state index < -0.39 is 11.5 Å². The number of rotatable bonds is 11. The Balaban J connectivity index is 1.47. The zero-order valence-corrected chi connectivity index (χ0v) is 20.1. The maximum Gasteiger partial charge on any atom is 0.303 e. The largest absolute Gasteiger partial charge is 0.449 e. The second-order valence-corrected chi connectivity index (χ2v) is 9.52. The Morgan fingerprint density at radius 2 is 1.18 bits per heavy atom. The van der Waals surface area contributed by atoms with Crippen molar-refractivity contribution in [2.75, 3.05) is 6.61 Å². The van der Waals surface area contributed by atoms with Crippen LogP contribution >= 0.6 is 11.8 Å². The summed E-state index contributed by atoms with van der Waals surface area (Å²) < 4.78 is 24.4. The van der Waals surface area contributed by atoms with Crippen molar-refractivity contribution in [3.05, 3.63) is 108 Å². The molecule has 0 spiro atoms. The van der Waals surface area contributed by atoms with E-state index in [0.717, 1.165) is 16.7 Å². The second kappa shape index (κ2) is 12.7. The first-order chi connectivity index (χ1) is 16.7. The molecule has 0 saturated carbocycles. The summed E-state index contributed by atoms with van der Waals surface area (Å²) in [5, 5.41) is -0.0439. The van der Waals surface area contributed by atoms with Gasteiger partial charge in [0.25, 0.3) is 0 Å². The first-order valence-electron chi connectivity index (χ1n) is 11.4. The predicted molar refractivity (Wildman–Crippen MR) is 133 cm³/mol. The van der Waals surface area contributed by atoms with Crippen LogP contribution in [0.1, 0.15) is 23.6 Å². The summed E-state index contributed by atoms with van der Waals surface area (Å²) in [5.74, 6) is -0.335. The third-order valence-corrected chi connectivity index (χ3v) is 6.90. The molecule has 1 aliphatic rings. The quantitative estimate of drug-likeness (QED) is 0.345. The van der Waals surface area contributed by atoms with Gasteiger partial charge in [-0.15, -0.1) is 11.8 Å². The van der Waals surface area contributed by atoms with Crippen molar-refractivity contribution in [3.8, 4) is 0 Å². The first kappa shape index (κ1) is 24.5. The Bertz CT molecular complexity index is 999. The molecule has 0 amide bonds. The van der Waals surface area contributed by atoms with Crippen molar-refractivity contribution in [3.63, 3.8) is 0 Å². The van der Waals surface area contributed by atoms with Crippen molar-refractivity contribution in [2.45, 2.75) is 49.6 Å². The minimum Gasteiger partial charge on any atom is -0.449 e. The average molecular weight is 479 g/mol. The molecule has 3 aromatic carbocycles. The molecule has 4 rings (SSSR count). The maximum absolute atomic E-state index is 11.8.